The molecule has 0 bridgehead atoms. The number of carbonyl (C=O) groups is 1. The summed E-state index contributed by atoms with van der Waals surface area (Å²) in [6.07, 6.45) is 4.38. The molecule has 1 atom stereocenters. The van der Waals surface area contributed by atoms with Gasteiger partial charge in [0, 0.05) is 11.5 Å². The maximum atomic E-state index is 11.7. The van der Waals surface area contributed by atoms with Crippen molar-refractivity contribution in [3.8, 4) is 0 Å². The quantitative estimate of drug-likeness (QED) is 0.668. The first kappa shape index (κ1) is 13.5. The van der Waals surface area contributed by atoms with Crippen molar-refractivity contribution < 1.29 is 15.0 Å². The average Bonchev–Trinajstić information content (AvgIpc) is 2.29. The van der Waals surface area contributed by atoms with Crippen LogP contribution in [0.5, 0.6) is 0 Å². The van der Waals surface area contributed by atoms with Gasteiger partial charge >= 0.3 is 0 Å². The second kappa shape index (κ2) is 5.64. The van der Waals surface area contributed by atoms with Gasteiger partial charge in [0.1, 0.15) is 6.10 Å². The Hall–Kier alpha value is -0.610. The van der Waals surface area contributed by atoms with Crippen molar-refractivity contribution in [1.82, 2.24) is 5.32 Å². The van der Waals surface area contributed by atoms with Crippen LogP contribution in [0, 0.1) is 5.41 Å². The zero-order valence-corrected chi connectivity index (χ0v) is 10.2. The number of nitrogens with one attached hydrogen (secondary N) is 1. The molecule has 0 aromatic rings. The van der Waals surface area contributed by atoms with E-state index in [2.05, 4.69) is 5.32 Å². The molecular weight excluding hydrogens is 206 g/mol. The Labute approximate surface area is 97.0 Å². The Kier molecular flexibility index (Phi) is 4.74. The predicted molar refractivity (Wildman–Crippen MR) is 61.9 cm³/mol. The van der Waals surface area contributed by atoms with Gasteiger partial charge in [0.15, 0.2) is 0 Å². The number of amides is 1. The van der Waals surface area contributed by atoms with Gasteiger partial charge in [-0.1, -0.05) is 33.1 Å². The van der Waals surface area contributed by atoms with Crippen molar-refractivity contribution >= 4 is 5.91 Å². The third kappa shape index (κ3) is 3.46. The van der Waals surface area contributed by atoms with E-state index in [4.69, 9.17) is 5.11 Å². The molecule has 0 aromatic heterocycles. The van der Waals surface area contributed by atoms with Crippen LogP contribution in [0.15, 0.2) is 0 Å². The molecule has 16 heavy (non-hydrogen) atoms. The molecule has 0 saturated heterocycles. The number of rotatable bonds is 4. The van der Waals surface area contributed by atoms with Crippen LogP contribution >= 0.6 is 0 Å². The van der Waals surface area contributed by atoms with Crippen molar-refractivity contribution in [1.29, 1.82) is 0 Å². The van der Waals surface area contributed by atoms with E-state index in [-0.39, 0.29) is 18.6 Å². The largest absolute Gasteiger partial charge is 0.396 e. The second-order valence-electron chi connectivity index (χ2n) is 5.39. The molecule has 1 aliphatic rings. The molecule has 3 N–H and O–H groups in total. The normalized spacial score (nSPS) is 20.5. The van der Waals surface area contributed by atoms with E-state index in [0.717, 1.165) is 25.7 Å². The molecule has 0 spiro atoms. The number of hydrogen-bond donors (Lipinski definition) is 3. The second-order valence-corrected chi connectivity index (χ2v) is 5.39. The van der Waals surface area contributed by atoms with Gasteiger partial charge in [-0.05, 0) is 12.8 Å². The lowest BCUT2D eigenvalue weighted by Gasteiger charge is -2.30. The van der Waals surface area contributed by atoms with Gasteiger partial charge in [-0.25, -0.2) is 0 Å². The minimum Gasteiger partial charge on any atom is -0.396 e. The van der Waals surface area contributed by atoms with Crippen LogP contribution in [0.3, 0.4) is 0 Å². The fourth-order valence-electron chi connectivity index (χ4n) is 1.97. The van der Waals surface area contributed by atoms with Crippen LogP contribution in [-0.4, -0.2) is 34.9 Å². The van der Waals surface area contributed by atoms with Crippen LogP contribution in [0.1, 0.15) is 46.0 Å². The van der Waals surface area contributed by atoms with Crippen LogP contribution in [0.25, 0.3) is 0 Å². The molecule has 0 radical (unpaired) electrons. The summed E-state index contributed by atoms with van der Waals surface area (Å²) in [5, 5.41) is 21.7. The summed E-state index contributed by atoms with van der Waals surface area (Å²) >= 11 is 0. The maximum absolute atomic E-state index is 11.7. The number of carbonyl (C=O) groups excluding carboxylic acids is 1. The first-order valence-electron chi connectivity index (χ1n) is 6.06. The van der Waals surface area contributed by atoms with Crippen LogP contribution in [0.4, 0.5) is 0 Å². The third-order valence-corrected chi connectivity index (χ3v) is 3.35. The lowest BCUT2D eigenvalue weighted by atomic mass is 9.86. The molecular formula is C12H23NO3. The molecule has 1 rings (SSSR count). The molecule has 4 nitrogen and oxygen atoms in total. The van der Waals surface area contributed by atoms with E-state index in [1.54, 1.807) is 13.8 Å². The zero-order chi connectivity index (χ0) is 12.2. The molecule has 1 amide bonds. The minimum atomic E-state index is -1.14. The van der Waals surface area contributed by atoms with Gasteiger partial charge in [-0.3, -0.25) is 4.79 Å². The average molecular weight is 229 g/mol. The van der Waals surface area contributed by atoms with Gasteiger partial charge in [0.25, 0.3) is 0 Å². The van der Waals surface area contributed by atoms with E-state index in [0.29, 0.717) is 0 Å². The molecule has 0 aliphatic heterocycles. The summed E-state index contributed by atoms with van der Waals surface area (Å²) in [6, 6.07) is 0.199. The van der Waals surface area contributed by atoms with Crippen LogP contribution in [-0.2, 0) is 4.79 Å². The smallest absolute Gasteiger partial charge is 0.249 e. The van der Waals surface area contributed by atoms with Crippen molar-refractivity contribution in [3.05, 3.63) is 0 Å². The fourth-order valence-corrected chi connectivity index (χ4v) is 1.97. The van der Waals surface area contributed by atoms with Gasteiger partial charge < -0.3 is 15.5 Å². The summed E-state index contributed by atoms with van der Waals surface area (Å²) in [5.41, 5.74) is -0.779. The highest BCUT2D eigenvalue weighted by Gasteiger charge is 2.33. The molecule has 0 unspecified atom stereocenters. The number of aliphatic hydroxyl groups is 2. The van der Waals surface area contributed by atoms with E-state index in [1.165, 1.54) is 6.42 Å². The fraction of sp³-hybridized carbons (Fsp3) is 0.917. The van der Waals surface area contributed by atoms with E-state index in [9.17, 15) is 9.90 Å². The van der Waals surface area contributed by atoms with E-state index < -0.39 is 11.5 Å². The topological polar surface area (TPSA) is 69.6 Å². The molecule has 0 heterocycles. The van der Waals surface area contributed by atoms with Gasteiger partial charge in [-0.15, -0.1) is 0 Å². The maximum Gasteiger partial charge on any atom is 0.249 e. The standard InChI is InChI=1S/C12H23NO3/c1-12(2,8-14)10(15)11(16)13-9-6-4-3-5-7-9/h9-10,14-15H,3-8H2,1-2H3,(H,13,16)/t10-/m0/s1. The minimum absolute atomic E-state index is 0.199. The first-order chi connectivity index (χ1) is 7.47. The Morgan fingerprint density at radius 2 is 1.94 bits per heavy atom. The Balaban J connectivity index is 2.44. The summed E-state index contributed by atoms with van der Waals surface area (Å²) in [4.78, 5) is 11.7. The molecule has 0 aromatic carbocycles. The van der Waals surface area contributed by atoms with Crippen molar-refractivity contribution in [2.75, 3.05) is 6.61 Å². The summed E-state index contributed by atoms with van der Waals surface area (Å²) < 4.78 is 0. The Morgan fingerprint density at radius 3 is 2.44 bits per heavy atom. The zero-order valence-electron chi connectivity index (χ0n) is 10.2. The molecule has 94 valence electrons. The van der Waals surface area contributed by atoms with Crippen LogP contribution in [0.2, 0.25) is 0 Å². The molecule has 1 fully saturated rings. The lowest BCUT2D eigenvalue weighted by Crippen LogP contribution is -2.49. The highest BCUT2D eigenvalue weighted by Crippen LogP contribution is 2.21. The Morgan fingerprint density at radius 1 is 1.38 bits per heavy atom. The highest BCUT2D eigenvalue weighted by molar-refractivity contribution is 5.81. The highest BCUT2D eigenvalue weighted by atomic mass is 16.3. The van der Waals surface area contributed by atoms with Gasteiger partial charge in [0.05, 0.1) is 6.61 Å². The van der Waals surface area contributed by atoms with Crippen molar-refractivity contribution in [3.63, 3.8) is 0 Å². The lowest BCUT2D eigenvalue weighted by molar-refractivity contribution is -0.138. The van der Waals surface area contributed by atoms with Crippen molar-refractivity contribution in [2.45, 2.75) is 58.1 Å². The summed E-state index contributed by atoms with van der Waals surface area (Å²) in [6.45, 7) is 3.16. The van der Waals surface area contributed by atoms with Crippen molar-refractivity contribution in [2.24, 2.45) is 5.41 Å². The molecule has 1 aliphatic carbocycles. The van der Waals surface area contributed by atoms with Gasteiger partial charge in [-0.2, -0.15) is 0 Å². The van der Waals surface area contributed by atoms with E-state index >= 15 is 0 Å². The van der Waals surface area contributed by atoms with E-state index in [1.807, 2.05) is 0 Å². The summed E-state index contributed by atoms with van der Waals surface area (Å²) in [7, 11) is 0. The Bertz CT molecular complexity index is 234. The summed E-state index contributed by atoms with van der Waals surface area (Å²) in [5.74, 6) is -0.356. The first-order valence-corrected chi connectivity index (χ1v) is 6.06. The van der Waals surface area contributed by atoms with Crippen LogP contribution < -0.4 is 5.32 Å². The SMILES string of the molecule is CC(C)(CO)[C@@H](O)C(=O)NC1CCCCC1. The molecule has 4 heteroatoms. The number of hydrogen-bond acceptors (Lipinski definition) is 3. The predicted octanol–water partition coefficient (Wildman–Crippen LogP) is 0.815. The number of aliphatic hydroxyl groups excluding tert-OH is 2. The molecule has 1 saturated carbocycles. The van der Waals surface area contributed by atoms with Gasteiger partial charge in [0.2, 0.25) is 5.91 Å². The monoisotopic (exact) mass is 229 g/mol. The third-order valence-electron chi connectivity index (χ3n) is 3.35.